The molecule has 0 N–H and O–H groups in total. The van der Waals surface area contributed by atoms with Gasteiger partial charge in [-0.25, -0.2) is 0 Å². The third-order valence-corrected chi connectivity index (χ3v) is 5.61. The van der Waals surface area contributed by atoms with E-state index >= 15 is 0 Å². The van der Waals surface area contributed by atoms with E-state index in [1.165, 1.54) is 10.8 Å². The summed E-state index contributed by atoms with van der Waals surface area (Å²) >= 11 is 10.4. The van der Waals surface area contributed by atoms with Crippen LogP contribution < -0.4 is 0 Å². The quantitative estimate of drug-likeness (QED) is 0.274. The summed E-state index contributed by atoms with van der Waals surface area (Å²) in [4.78, 5) is 0. The highest BCUT2D eigenvalue weighted by molar-refractivity contribution is 9.10. The molecule has 0 unspecified atom stereocenters. The Hall–Kier alpha value is -2.29. The van der Waals surface area contributed by atoms with Crippen molar-refractivity contribution in [1.82, 2.24) is 4.57 Å². The first-order valence-electron chi connectivity index (χ1n) is 8.10. The van der Waals surface area contributed by atoms with E-state index in [0.29, 0.717) is 0 Å². The topological polar surface area (TPSA) is 4.93 Å². The fraction of sp³-hybridized carbons (Fsp3) is 0. The van der Waals surface area contributed by atoms with Crippen LogP contribution in [0.1, 0.15) is 0 Å². The van der Waals surface area contributed by atoms with Gasteiger partial charge in [0.05, 0.1) is 21.7 Å². The van der Waals surface area contributed by atoms with Crippen molar-refractivity contribution < 1.29 is 0 Å². The van der Waals surface area contributed by atoms with Crippen LogP contribution >= 0.6 is 27.5 Å². The SMILES string of the molecule is Clc1c(-n2c3ccccc3c3cc(Br)ccc32)ccc2ccccc12. The van der Waals surface area contributed by atoms with E-state index < -0.39 is 0 Å². The van der Waals surface area contributed by atoms with Crippen LogP contribution in [0.2, 0.25) is 5.02 Å². The van der Waals surface area contributed by atoms with E-state index in [9.17, 15) is 0 Å². The standard InChI is InChI=1S/C22H13BrClN/c23-15-10-12-20-18(13-15)17-7-3-4-8-19(17)25(20)21-11-9-14-5-1-2-6-16(14)22(21)24/h1-13H. The predicted octanol–water partition coefficient (Wildman–Crippen LogP) is 7.35. The van der Waals surface area contributed by atoms with Crippen LogP contribution in [-0.4, -0.2) is 4.57 Å². The molecule has 4 aromatic carbocycles. The molecule has 1 nitrogen and oxygen atoms in total. The van der Waals surface area contributed by atoms with Gasteiger partial charge in [-0.3, -0.25) is 0 Å². The van der Waals surface area contributed by atoms with Crippen molar-refractivity contribution in [2.24, 2.45) is 0 Å². The lowest BCUT2D eigenvalue weighted by molar-refractivity contribution is 1.19. The Labute approximate surface area is 158 Å². The van der Waals surface area contributed by atoms with E-state index in [-0.39, 0.29) is 0 Å². The Balaban J connectivity index is 1.97. The highest BCUT2D eigenvalue weighted by Gasteiger charge is 2.15. The summed E-state index contributed by atoms with van der Waals surface area (Å²) in [6.07, 6.45) is 0. The third-order valence-electron chi connectivity index (χ3n) is 4.72. The molecule has 0 spiro atoms. The molecule has 0 radical (unpaired) electrons. The van der Waals surface area contributed by atoms with Crippen LogP contribution in [0.5, 0.6) is 0 Å². The van der Waals surface area contributed by atoms with Crippen molar-refractivity contribution in [3.8, 4) is 5.69 Å². The fourth-order valence-electron chi connectivity index (χ4n) is 3.60. The lowest BCUT2D eigenvalue weighted by atomic mass is 10.1. The largest absolute Gasteiger partial charge is 0.308 e. The summed E-state index contributed by atoms with van der Waals surface area (Å²) in [7, 11) is 0. The lowest BCUT2D eigenvalue weighted by Gasteiger charge is -2.12. The van der Waals surface area contributed by atoms with Crippen LogP contribution in [0.25, 0.3) is 38.3 Å². The van der Waals surface area contributed by atoms with Crippen molar-refractivity contribution in [3.63, 3.8) is 0 Å². The first-order valence-corrected chi connectivity index (χ1v) is 9.27. The van der Waals surface area contributed by atoms with Gasteiger partial charge in [0.15, 0.2) is 0 Å². The van der Waals surface area contributed by atoms with Gasteiger partial charge in [0.25, 0.3) is 0 Å². The van der Waals surface area contributed by atoms with E-state index in [4.69, 9.17) is 11.6 Å². The van der Waals surface area contributed by atoms with Crippen molar-refractivity contribution in [1.29, 1.82) is 0 Å². The molecule has 1 heterocycles. The number of hydrogen-bond donors (Lipinski definition) is 0. The lowest BCUT2D eigenvalue weighted by Crippen LogP contribution is -1.95. The van der Waals surface area contributed by atoms with Crippen molar-refractivity contribution >= 4 is 60.1 Å². The summed E-state index contributed by atoms with van der Waals surface area (Å²) < 4.78 is 3.33. The van der Waals surface area contributed by atoms with Crippen molar-refractivity contribution in [3.05, 3.63) is 88.4 Å². The minimum absolute atomic E-state index is 0.781. The van der Waals surface area contributed by atoms with Crippen LogP contribution in [0, 0.1) is 0 Å². The van der Waals surface area contributed by atoms with Crippen LogP contribution in [0.4, 0.5) is 0 Å². The van der Waals surface area contributed by atoms with Crippen LogP contribution in [0.3, 0.4) is 0 Å². The normalized spacial score (nSPS) is 11.6. The number of aromatic nitrogens is 1. The van der Waals surface area contributed by atoms with E-state index in [0.717, 1.165) is 37.0 Å². The number of rotatable bonds is 1. The average Bonchev–Trinajstić information content (AvgIpc) is 2.96. The molecule has 0 saturated carbocycles. The molecule has 0 aliphatic rings. The second-order valence-corrected chi connectivity index (χ2v) is 7.43. The second-order valence-electron chi connectivity index (χ2n) is 6.13. The molecule has 0 fully saturated rings. The number of nitrogens with zero attached hydrogens (tertiary/aromatic N) is 1. The summed E-state index contributed by atoms with van der Waals surface area (Å²) in [6.45, 7) is 0. The Morgan fingerprint density at radius 3 is 2.28 bits per heavy atom. The Morgan fingerprint density at radius 1 is 0.680 bits per heavy atom. The smallest absolute Gasteiger partial charge is 0.0725 e. The van der Waals surface area contributed by atoms with Gasteiger partial charge in [0.2, 0.25) is 0 Å². The zero-order valence-corrected chi connectivity index (χ0v) is 15.6. The van der Waals surface area contributed by atoms with Gasteiger partial charge < -0.3 is 4.57 Å². The Bertz CT molecular complexity index is 1270. The number of fused-ring (bicyclic) bond motifs is 4. The first kappa shape index (κ1) is 15.0. The molecule has 0 saturated heterocycles. The van der Waals surface area contributed by atoms with E-state index in [2.05, 4.69) is 87.2 Å². The van der Waals surface area contributed by atoms with Gasteiger partial charge in [0, 0.05) is 20.6 Å². The van der Waals surface area contributed by atoms with Crippen molar-refractivity contribution in [2.45, 2.75) is 0 Å². The molecule has 5 aromatic rings. The molecule has 25 heavy (non-hydrogen) atoms. The maximum absolute atomic E-state index is 6.83. The van der Waals surface area contributed by atoms with Gasteiger partial charge in [-0.05, 0) is 35.7 Å². The number of benzene rings is 4. The molecule has 0 amide bonds. The van der Waals surface area contributed by atoms with Gasteiger partial charge in [-0.1, -0.05) is 76.1 Å². The molecular weight excluding hydrogens is 394 g/mol. The summed E-state index contributed by atoms with van der Waals surface area (Å²) in [5, 5.41) is 5.45. The molecule has 0 aliphatic carbocycles. The zero-order valence-electron chi connectivity index (χ0n) is 13.2. The first-order chi connectivity index (χ1) is 12.2. The van der Waals surface area contributed by atoms with E-state index in [1.807, 2.05) is 12.1 Å². The molecule has 0 bridgehead atoms. The van der Waals surface area contributed by atoms with Gasteiger partial charge in [0.1, 0.15) is 0 Å². The molecule has 3 heteroatoms. The molecular formula is C22H13BrClN. The number of hydrogen-bond acceptors (Lipinski definition) is 0. The predicted molar refractivity (Wildman–Crippen MR) is 111 cm³/mol. The number of para-hydroxylation sites is 1. The molecule has 0 atom stereocenters. The minimum Gasteiger partial charge on any atom is -0.308 e. The van der Waals surface area contributed by atoms with Crippen molar-refractivity contribution in [2.75, 3.05) is 0 Å². The van der Waals surface area contributed by atoms with Crippen LogP contribution in [0.15, 0.2) is 83.3 Å². The van der Waals surface area contributed by atoms with Gasteiger partial charge in [-0.2, -0.15) is 0 Å². The minimum atomic E-state index is 0.781. The maximum atomic E-state index is 6.83. The zero-order chi connectivity index (χ0) is 17.0. The molecule has 5 rings (SSSR count). The average molecular weight is 407 g/mol. The molecule has 1 aromatic heterocycles. The molecule has 0 aliphatic heterocycles. The summed E-state index contributed by atoms with van der Waals surface area (Å²) in [5.41, 5.74) is 3.32. The Morgan fingerprint density at radius 2 is 1.40 bits per heavy atom. The second kappa shape index (κ2) is 5.62. The van der Waals surface area contributed by atoms with Crippen LogP contribution in [-0.2, 0) is 0 Å². The summed E-state index contributed by atoms with van der Waals surface area (Å²) in [6, 6.07) is 27.3. The highest BCUT2D eigenvalue weighted by Crippen LogP contribution is 2.37. The molecule has 120 valence electrons. The summed E-state index contributed by atoms with van der Waals surface area (Å²) in [5.74, 6) is 0. The maximum Gasteiger partial charge on any atom is 0.0725 e. The number of halogens is 2. The monoisotopic (exact) mass is 405 g/mol. The van der Waals surface area contributed by atoms with Gasteiger partial charge >= 0.3 is 0 Å². The Kier molecular flexibility index (Phi) is 3.37. The van der Waals surface area contributed by atoms with E-state index in [1.54, 1.807) is 0 Å². The highest BCUT2D eigenvalue weighted by atomic mass is 79.9. The third kappa shape index (κ3) is 2.21. The van der Waals surface area contributed by atoms with Gasteiger partial charge in [-0.15, -0.1) is 0 Å². The fourth-order valence-corrected chi connectivity index (χ4v) is 4.28.